The molecule has 0 heterocycles. The van der Waals surface area contributed by atoms with Gasteiger partial charge in [0.1, 0.15) is 0 Å². The van der Waals surface area contributed by atoms with Crippen LogP contribution in [-0.4, -0.2) is 5.91 Å². The lowest BCUT2D eigenvalue weighted by molar-refractivity contribution is -0.117. The van der Waals surface area contributed by atoms with Gasteiger partial charge in [-0.2, -0.15) is 0 Å². The maximum atomic E-state index is 9.59. The molecule has 1 amide bonds. The molecule has 38 valence electrons. The molecule has 0 saturated heterocycles. The first kappa shape index (κ1) is 9.34. The van der Waals surface area contributed by atoms with Gasteiger partial charge in [0.2, 0.25) is 5.91 Å². The van der Waals surface area contributed by atoms with Gasteiger partial charge in [-0.15, -0.1) is 0 Å². The average Bonchev–Trinajstić information content (AvgIpc) is 1.38. The molecule has 0 aliphatic carbocycles. The van der Waals surface area contributed by atoms with Crippen molar-refractivity contribution in [1.29, 1.82) is 0 Å². The number of rotatable bonds is 1. The molecule has 0 fully saturated rings. The van der Waals surface area contributed by atoms with E-state index in [0.29, 0.717) is 6.42 Å². The van der Waals surface area contributed by atoms with Crippen LogP contribution >= 0.6 is 0 Å². The molecule has 0 unspecified atom stereocenters. The van der Waals surface area contributed by atoms with Crippen molar-refractivity contribution >= 4 is 5.91 Å². The third-order valence-corrected chi connectivity index (χ3v) is 0.348. The van der Waals surface area contributed by atoms with Crippen molar-refractivity contribution in [3.8, 4) is 0 Å². The Kier molecular flexibility index (Phi) is 7.71. The zero-order valence-electron chi connectivity index (χ0n) is 3.57. The summed E-state index contributed by atoms with van der Waals surface area (Å²) in [6.07, 6.45) is 0.444. The quantitative estimate of drug-likeness (QED) is 0.425. The van der Waals surface area contributed by atoms with E-state index in [1.807, 2.05) is 0 Å². The van der Waals surface area contributed by atoms with Crippen molar-refractivity contribution in [3.63, 3.8) is 0 Å². The van der Waals surface area contributed by atoms with Crippen LogP contribution in [0.25, 0.3) is 0 Å². The number of primary amides is 1. The van der Waals surface area contributed by atoms with Gasteiger partial charge in [0.15, 0.2) is 0 Å². The first-order chi connectivity index (χ1) is 2.27. The van der Waals surface area contributed by atoms with E-state index in [1.165, 1.54) is 0 Å². The van der Waals surface area contributed by atoms with Crippen molar-refractivity contribution in [2.45, 2.75) is 13.3 Å². The van der Waals surface area contributed by atoms with Crippen LogP contribution in [0.2, 0.25) is 0 Å². The fraction of sp³-hybridized carbons (Fsp3) is 0.667. The minimum atomic E-state index is -0.245. The summed E-state index contributed by atoms with van der Waals surface area (Å²) in [7, 11) is 0. The predicted molar refractivity (Wildman–Crippen MR) is 19.5 cm³/mol. The highest BCUT2D eigenvalue weighted by molar-refractivity contribution is 5.73. The van der Waals surface area contributed by atoms with Crippen LogP contribution in [0.4, 0.5) is 0 Å². The molecular formula is C3H7BrNO-. The molecule has 3 heteroatoms. The highest BCUT2D eigenvalue weighted by atomic mass is 79.9. The maximum absolute atomic E-state index is 9.59. The number of halogens is 1. The van der Waals surface area contributed by atoms with Gasteiger partial charge in [0.25, 0.3) is 0 Å². The fourth-order valence-electron chi connectivity index (χ4n) is 0. The smallest absolute Gasteiger partial charge is 0.217 e. The molecule has 0 aromatic rings. The lowest BCUT2D eigenvalue weighted by Crippen LogP contribution is -3.00. The molecule has 0 saturated carbocycles. The standard InChI is InChI=1S/C3H7NO.BrH/c1-2-3(4)5;/h2H2,1H3,(H2,4,5);1H/p-1. The number of amides is 1. The third-order valence-electron chi connectivity index (χ3n) is 0.348. The van der Waals surface area contributed by atoms with Crippen LogP contribution in [-0.2, 0) is 4.79 Å². The molecule has 2 N–H and O–H groups in total. The van der Waals surface area contributed by atoms with Gasteiger partial charge in [-0.25, -0.2) is 0 Å². The molecule has 0 atom stereocenters. The Bertz CT molecular complexity index is 46.1. The molecule has 0 aromatic heterocycles. The third kappa shape index (κ3) is 9.04. The number of carbonyl (C=O) groups excluding carboxylic acids is 1. The van der Waals surface area contributed by atoms with Gasteiger partial charge in [0.05, 0.1) is 0 Å². The van der Waals surface area contributed by atoms with Crippen LogP contribution in [0.5, 0.6) is 0 Å². The van der Waals surface area contributed by atoms with Crippen molar-refractivity contribution < 1.29 is 21.8 Å². The first-order valence-corrected chi connectivity index (χ1v) is 1.55. The number of hydrogen-bond donors (Lipinski definition) is 1. The van der Waals surface area contributed by atoms with Crippen LogP contribution in [0.3, 0.4) is 0 Å². The zero-order chi connectivity index (χ0) is 4.28. The van der Waals surface area contributed by atoms with Crippen molar-refractivity contribution in [2.75, 3.05) is 0 Å². The lowest BCUT2D eigenvalue weighted by Gasteiger charge is -1.73. The van der Waals surface area contributed by atoms with E-state index < -0.39 is 0 Å². The van der Waals surface area contributed by atoms with Crippen LogP contribution in [0.1, 0.15) is 13.3 Å². The summed E-state index contributed by atoms with van der Waals surface area (Å²) in [5.74, 6) is -0.245. The normalized spacial score (nSPS) is 6.17. The minimum Gasteiger partial charge on any atom is -1.00 e. The Morgan fingerprint density at radius 2 is 2.00 bits per heavy atom. The van der Waals surface area contributed by atoms with E-state index >= 15 is 0 Å². The fourth-order valence-corrected chi connectivity index (χ4v) is 0. The Morgan fingerprint density at radius 3 is 2.00 bits per heavy atom. The molecule has 0 aliphatic heterocycles. The average molecular weight is 153 g/mol. The van der Waals surface area contributed by atoms with Crippen LogP contribution in [0.15, 0.2) is 0 Å². The summed E-state index contributed by atoms with van der Waals surface area (Å²) in [6, 6.07) is 0. The molecule has 0 bridgehead atoms. The lowest BCUT2D eigenvalue weighted by atomic mass is 10.5. The highest BCUT2D eigenvalue weighted by Crippen LogP contribution is 1.63. The second-order valence-electron chi connectivity index (χ2n) is 0.820. The molecule has 0 aromatic carbocycles. The van der Waals surface area contributed by atoms with Crippen molar-refractivity contribution in [2.24, 2.45) is 5.73 Å². The number of carbonyl (C=O) groups is 1. The SMILES string of the molecule is CCC(N)=O.[Br-]. The Morgan fingerprint density at radius 1 is 1.83 bits per heavy atom. The summed E-state index contributed by atoms with van der Waals surface area (Å²) in [4.78, 5) is 9.59. The maximum Gasteiger partial charge on any atom is 0.217 e. The van der Waals surface area contributed by atoms with Crippen molar-refractivity contribution in [1.82, 2.24) is 0 Å². The molecule has 6 heavy (non-hydrogen) atoms. The monoisotopic (exact) mass is 152 g/mol. The van der Waals surface area contributed by atoms with E-state index in [0.717, 1.165) is 0 Å². The van der Waals surface area contributed by atoms with Gasteiger partial charge in [0, 0.05) is 6.42 Å². The summed E-state index contributed by atoms with van der Waals surface area (Å²) < 4.78 is 0. The first-order valence-electron chi connectivity index (χ1n) is 1.55. The summed E-state index contributed by atoms with van der Waals surface area (Å²) >= 11 is 0. The number of nitrogens with two attached hydrogens (primary N) is 1. The second-order valence-corrected chi connectivity index (χ2v) is 0.820. The van der Waals surface area contributed by atoms with Gasteiger partial charge < -0.3 is 22.7 Å². The van der Waals surface area contributed by atoms with Gasteiger partial charge in [-0.05, 0) is 0 Å². The molecule has 2 nitrogen and oxygen atoms in total. The van der Waals surface area contributed by atoms with E-state index in [9.17, 15) is 4.79 Å². The van der Waals surface area contributed by atoms with E-state index in [4.69, 9.17) is 0 Å². The topological polar surface area (TPSA) is 43.1 Å². The van der Waals surface area contributed by atoms with Crippen LogP contribution < -0.4 is 22.7 Å². The summed E-state index contributed by atoms with van der Waals surface area (Å²) in [6.45, 7) is 1.72. The Hall–Kier alpha value is -0.0500. The molecule has 0 spiro atoms. The molecule has 0 aliphatic rings. The van der Waals surface area contributed by atoms with Crippen LogP contribution in [0, 0.1) is 0 Å². The van der Waals surface area contributed by atoms with E-state index in [-0.39, 0.29) is 22.9 Å². The Labute approximate surface area is 47.5 Å². The summed E-state index contributed by atoms with van der Waals surface area (Å²) in [5.41, 5.74) is 4.65. The highest BCUT2D eigenvalue weighted by Gasteiger charge is 1.77. The second kappa shape index (κ2) is 4.95. The van der Waals surface area contributed by atoms with Crippen molar-refractivity contribution in [3.05, 3.63) is 0 Å². The number of hydrogen-bond acceptors (Lipinski definition) is 1. The molecule has 0 rings (SSSR count). The minimum absolute atomic E-state index is 0. The summed E-state index contributed by atoms with van der Waals surface area (Å²) in [5, 5.41) is 0. The predicted octanol–water partition coefficient (Wildman–Crippen LogP) is -3.11. The van der Waals surface area contributed by atoms with E-state index in [2.05, 4.69) is 5.73 Å². The zero-order valence-corrected chi connectivity index (χ0v) is 5.16. The Balaban J connectivity index is 0. The van der Waals surface area contributed by atoms with Gasteiger partial charge in [-0.3, -0.25) is 4.79 Å². The molecular weight excluding hydrogens is 146 g/mol. The largest absolute Gasteiger partial charge is 1.00 e. The van der Waals surface area contributed by atoms with E-state index in [1.54, 1.807) is 6.92 Å². The molecule has 0 radical (unpaired) electrons. The van der Waals surface area contributed by atoms with Gasteiger partial charge >= 0.3 is 0 Å². The van der Waals surface area contributed by atoms with Gasteiger partial charge in [-0.1, -0.05) is 6.92 Å².